The molecular weight excluding hydrogens is 196 g/mol. The number of methoxy groups -OCH3 is 1. The van der Waals surface area contributed by atoms with E-state index in [1.165, 1.54) is 14.0 Å². The molecule has 1 aromatic rings. The molecule has 82 valence electrons. The van der Waals surface area contributed by atoms with Crippen molar-refractivity contribution in [2.75, 3.05) is 12.4 Å². The molecule has 0 aliphatic carbocycles. The van der Waals surface area contributed by atoms with Gasteiger partial charge in [0.2, 0.25) is 5.91 Å². The molecule has 5 nitrogen and oxygen atoms in total. The average Bonchev–Trinajstić information content (AvgIpc) is 2.20. The van der Waals surface area contributed by atoms with Crippen LogP contribution in [0.3, 0.4) is 0 Å². The summed E-state index contributed by atoms with van der Waals surface area (Å²) in [5, 5.41) is 2.68. The fraction of sp³-hybridized carbons (Fsp3) is 0.300. The summed E-state index contributed by atoms with van der Waals surface area (Å²) in [5.41, 5.74) is 1.37. The molecule has 0 aliphatic heterocycles. The zero-order chi connectivity index (χ0) is 11.3. The number of rotatable bonds is 4. The highest BCUT2D eigenvalue weighted by Crippen LogP contribution is 2.28. The third-order valence-corrected chi connectivity index (χ3v) is 1.87. The van der Waals surface area contributed by atoms with Crippen LogP contribution < -0.4 is 16.0 Å². The van der Waals surface area contributed by atoms with Gasteiger partial charge in [0.05, 0.1) is 19.4 Å². The Morgan fingerprint density at radius 2 is 2.27 bits per heavy atom. The molecule has 0 saturated carbocycles. The second-order valence-electron chi connectivity index (χ2n) is 2.99. The van der Waals surface area contributed by atoms with E-state index in [0.29, 0.717) is 11.4 Å². The summed E-state index contributed by atoms with van der Waals surface area (Å²) < 4.78 is 5.12. The Kier molecular flexibility index (Phi) is 4.08. The summed E-state index contributed by atoms with van der Waals surface area (Å²) >= 11 is 0. The van der Waals surface area contributed by atoms with Crippen molar-refractivity contribution in [1.29, 1.82) is 0 Å². The van der Waals surface area contributed by atoms with Crippen LogP contribution in [-0.2, 0) is 16.2 Å². The zero-order valence-electron chi connectivity index (χ0n) is 8.74. The Hall–Kier alpha value is -1.59. The first kappa shape index (κ1) is 11.5. The molecule has 0 unspecified atom stereocenters. The van der Waals surface area contributed by atoms with Crippen molar-refractivity contribution in [3.05, 3.63) is 23.8 Å². The Labute approximate surface area is 88.1 Å². The molecule has 1 aromatic carbocycles. The van der Waals surface area contributed by atoms with E-state index in [0.717, 1.165) is 5.56 Å². The molecule has 0 bridgehead atoms. The second kappa shape index (κ2) is 5.33. The molecule has 0 aromatic heterocycles. The molecule has 1 rings (SSSR count). The van der Waals surface area contributed by atoms with Crippen LogP contribution in [0.1, 0.15) is 12.5 Å². The molecule has 0 saturated heterocycles. The van der Waals surface area contributed by atoms with Crippen molar-refractivity contribution in [3.63, 3.8) is 0 Å². The Morgan fingerprint density at radius 3 is 2.80 bits per heavy atom. The van der Waals surface area contributed by atoms with E-state index in [-0.39, 0.29) is 12.5 Å². The Bertz CT molecular complexity index is 353. The summed E-state index contributed by atoms with van der Waals surface area (Å²) in [7, 11) is 1.54. The van der Waals surface area contributed by atoms with Crippen molar-refractivity contribution >= 4 is 11.6 Å². The van der Waals surface area contributed by atoms with Crippen LogP contribution in [0.4, 0.5) is 5.69 Å². The van der Waals surface area contributed by atoms with Crippen LogP contribution in [0, 0.1) is 0 Å². The van der Waals surface area contributed by atoms with Crippen molar-refractivity contribution < 1.29 is 14.4 Å². The molecule has 0 atom stereocenters. The van der Waals surface area contributed by atoms with Crippen LogP contribution in [0.5, 0.6) is 5.75 Å². The van der Waals surface area contributed by atoms with Crippen molar-refractivity contribution in [2.45, 2.75) is 13.5 Å². The number of carbonyl (C=O) groups excluding carboxylic acids is 1. The number of nitrogens with one attached hydrogen (secondary N) is 1. The summed E-state index contributed by atoms with van der Waals surface area (Å²) in [5.74, 6) is 5.41. The molecule has 0 radical (unpaired) electrons. The van der Waals surface area contributed by atoms with Gasteiger partial charge < -0.3 is 10.1 Å². The predicted octanol–water partition coefficient (Wildman–Crippen LogP) is 1.04. The van der Waals surface area contributed by atoms with E-state index in [9.17, 15) is 4.79 Å². The van der Waals surface area contributed by atoms with Crippen molar-refractivity contribution in [1.82, 2.24) is 0 Å². The minimum absolute atomic E-state index is 0.169. The van der Waals surface area contributed by atoms with E-state index >= 15 is 0 Å². The molecule has 0 heterocycles. The lowest BCUT2D eigenvalue weighted by atomic mass is 10.1. The number of hydrogen-bond acceptors (Lipinski definition) is 4. The minimum Gasteiger partial charge on any atom is -0.495 e. The maximum Gasteiger partial charge on any atom is 0.221 e. The van der Waals surface area contributed by atoms with Gasteiger partial charge in [-0.15, -0.1) is 0 Å². The lowest BCUT2D eigenvalue weighted by Crippen LogP contribution is -2.11. The van der Waals surface area contributed by atoms with Crippen LogP contribution >= 0.6 is 0 Å². The van der Waals surface area contributed by atoms with E-state index < -0.39 is 0 Å². The lowest BCUT2D eigenvalue weighted by molar-refractivity contribution is -0.114. The average molecular weight is 210 g/mol. The molecule has 0 spiro atoms. The topological polar surface area (TPSA) is 73.6 Å². The van der Waals surface area contributed by atoms with Crippen LogP contribution in [-0.4, -0.2) is 13.0 Å². The van der Waals surface area contributed by atoms with Gasteiger partial charge in [-0.3, -0.25) is 9.63 Å². The maximum atomic E-state index is 11.0. The fourth-order valence-corrected chi connectivity index (χ4v) is 1.27. The minimum atomic E-state index is -0.169. The van der Waals surface area contributed by atoms with Gasteiger partial charge >= 0.3 is 0 Å². The Morgan fingerprint density at radius 1 is 1.53 bits per heavy atom. The first-order valence-electron chi connectivity index (χ1n) is 4.44. The first-order chi connectivity index (χ1) is 7.19. The standard InChI is InChI=1S/C10H14N2O3/c1-7(13)12-10-8(6-15-11)4-3-5-9(10)14-2/h3-5H,6,11H2,1-2H3,(H,12,13). The van der Waals surface area contributed by atoms with E-state index in [1.54, 1.807) is 18.2 Å². The van der Waals surface area contributed by atoms with Crippen LogP contribution in [0.25, 0.3) is 0 Å². The van der Waals surface area contributed by atoms with E-state index in [2.05, 4.69) is 10.2 Å². The van der Waals surface area contributed by atoms with Crippen molar-refractivity contribution in [2.24, 2.45) is 5.90 Å². The van der Waals surface area contributed by atoms with Gasteiger partial charge in [0, 0.05) is 12.5 Å². The molecule has 1 amide bonds. The fourth-order valence-electron chi connectivity index (χ4n) is 1.27. The number of benzene rings is 1. The van der Waals surface area contributed by atoms with Gasteiger partial charge in [0.1, 0.15) is 5.75 Å². The number of amides is 1. The van der Waals surface area contributed by atoms with Crippen molar-refractivity contribution in [3.8, 4) is 5.75 Å². The molecular formula is C10H14N2O3. The van der Waals surface area contributed by atoms with Crippen LogP contribution in [0.15, 0.2) is 18.2 Å². The molecule has 3 N–H and O–H groups in total. The highest BCUT2D eigenvalue weighted by molar-refractivity contribution is 5.91. The number of ether oxygens (including phenoxy) is 1. The third kappa shape index (κ3) is 2.93. The summed E-state index contributed by atoms with van der Waals surface area (Å²) in [6, 6.07) is 5.37. The third-order valence-electron chi connectivity index (χ3n) is 1.87. The highest BCUT2D eigenvalue weighted by atomic mass is 16.6. The predicted molar refractivity (Wildman–Crippen MR) is 56.3 cm³/mol. The maximum absolute atomic E-state index is 11.0. The number of para-hydroxylation sites is 1. The van der Waals surface area contributed by atoms with Gasteiger partial charge in [-0.05, 0) is 6.07 Å². The largest absolute Gasteiger partial charge is 0.495 e. The van der Waals surface area contributed by atoms with Gasteiger partial charge in [0.15, 0.2) is 0 Å². The quantitative estimate of drug-likeness (QED) is 0.728. The molecule has 0 fully saturated rings. The Balaban J connectivity index is 3.08. The van der Waals surface area contributed by atoms with Gasteiger partial charge in [-0.2, -0.15) is 0 Å². The normalized spacial score (nSPS) is 9.80. The van der Waals surface area contributed by atoms with E-state index in [1.807, 2.05) is 0 Å². The summed E-state index contributed by atoms with van der Waals surface area (Å²) in [4.78, 5) is 15.5. The molecule has 0 aliphatic rings. The highest BCUT2D eigenvalue weighted by Gasteiger charge is 2.09. The van der Waals surface area contributed by atoms with Gasteiger partial charge in [0.25, 0.3) is 0 Å². The number of carbonyl (C=O) groups is 1. The van der Waals surface area contributed by atoms with E-state index in [4.69, 9.17) is 10.6 Å². The first-order valence-corrected chi connectivity index (χ1v) is 4.44. The van der Waals surface area contributed by atoms with Crippen LogP contribution in [0.2, 0.25) is 0 Å². The molecule has 5 heteroatoms. The monoisotopic (exact) mass is 210 g/mol. The van der Waals surface area contributed by atoms with Gasteiger partial charge in [-0.1, -0.05) is 12.1 Å². The summed E-state index contributed by atoms with van der Waals surface area (Å²) in [6.07, 6.45) is 0. The number of anilines is 1. The molecule has 15 heavy (non-hydrogen) atoms. The number of nitrogens with two attached hydrogens (primary N) is 1. The lowest BCUT2D eigenvalue weighted by Gasteiger charge is -2.13. The summed E-state index contributed by atoms with van der Waals surface area (Å²) in [6.45, 7) is 1.65. The van der Waals surface area contributed by atoms with Gasteiger partial charge in [-0.25, -0.2) is 5.90 Å². The zero-order valence-corrected chi connectivity index (χ0v) is 8.74. The SMILES string of the molecule is COc1cccc(CON)c1NC(C)=O. The second-order valence-corrected chi connectivity index (χ2v) is 2.99. The smallest absolute Gasteiger partial charge is 0.221 e. The number of hydrogen-bond donors (Lipinski definition) is 2.